The Labute approximate surface area is 165 Å². The van der Waals surface area contributed by atoms with Crippen LogP contribution in [0.1, 0.15) is 48.5 Å². The summed E-state index contributed by atoms with van der Waals surface area (Å²) in [5, 5.41) is 3.02. The summed E-state index contributed by atoms with van der Waals surface area (Å²) in [5.41, 5.74) is 0.868. The molecule has 0 bridgehead atoms. The van der Waals surface area contributed by atoms with Gasteiger partial charge in [0.25, 0.3) is 15.9 Å². The zero-order valence-corrected chi connectivity index (χ0v) is 16.9. The Balaban J connectivity index is 1.80. The molecule has 2 aromatic carbocycles. The molecule has 1 fully saturated rings. The molecule has 150 valence electrons. The van der Waals surface area contributed by atoms with E-state index in [4.69, 9.17) is 0 Å². The molecule has 0 radical (unpaired) electrons. The van der Waals surface area contributed by atoms with E-state index in [2.05, 4.69) is 17.0 Å². The van der Waals surface area contributed by atoms with E-state index in [1.807, 2.05) is 0 Å². The number of hydrogen-bond donors (Lipinski definition) is 2. The standard InChI is InChI=1S/C21H25FN2O3S/c1-14-7-10-16(11-8-14)23-21(25)18-13-17(12-9-15(18)2)28(26,27)24-20-6-4-3-5-19(20)22/h3-6,9,12-14,16,24H,7-8,10-11H2,1-2H3,(H,23,25). The van der Waals surface area contributed by atoms with Gasteiger partial charge in [-0.1, -0.05) is 25.1 Å². The van der Waals surface area contributed by atoms with Crippen molar-refractivity contribution in [2.24, 2.45) is 5.92 Å². The summed E-state index contributed by atoms with van der Waals surface area (Å²) >= 11 is 0. The summed E-state index contributed by atoms with van der Waals surface area (Å²) in [4.78, 5) is 12.6. The summed E-state index contributed by atoms with van der Waals surface area (Å²) in [7, 11) is -4.02. The molecule has 0 saturated heterocycles. The minimum atomic E-state index is -4.02. The number of rotatable bonds is 5. The van der Waals surface area contributed by atoms with Gasteiger partial charge in [0.1, 0.15) is 5.82 Å². The molecule has 0 heterocycles. The van der Waals surface area contributed by atoms with Crippen molar-refractivity contribution in [2.75, 3.05) is 4.72 Å². The average Bonchev–Trinajstić information content (AvgIpc) is 2.65. The van der Waals surface area contributed by atoms with E-state index < -0.39 is 15.8 Å². The quantitative estimate of drug-likeness (QED) is 0.783. The summed E-state index contributed by atoms with van der Waals surface area (Å²) in [5.74, 6) is -0.268. The molecule has 3 rings (SSSR count). The number of carbonyl (C=O) groups is 1. The van der Waals surface area contributed by atoms with Gasteiger partial charge < -0.3 is 5.32 Å². The molecule has 0 atom stereocenters. The highest BCUT2D eigenvalue weighted by Crippen LogP contribution is 2.25. The van der Waals surface area contributed by atoms with Crippen LogP contribution in [0.5, 0.6) is 0 Å². The van der Waals surface area contributed by atoms with Crippen LogP contribution in [0.25, 0.3) is 0 Å². The topological polar surface area (TPSA) is 75.3 Å². The van der Waals surface area contributed by atoms with E-state index in [0.29, 0.717) is 17.0 Å². The van der Waals surface area contributed by atoms with Crippen molar-refractivity contribution < 1.29 is 17.6 Å². The molecule has 1 saturated carbocycles. The number of amides is 1. The Hall–Kier alpha value is -2.41. The van der Waals surface area contributed by atoms with Crippen molar-refractivity contribution in [2.45, 2.75) is 50.5 Å². The lowest BCUT2D eigenvalue weighted by Gasteiger charge is -2.27. The molecule has 0 unspecified atom stereocenters. The van der Waals surface area contributed by atoms with E-state index >= 15 is 0 Å². The van der Waals surface area contributed by atoms with Crippen molar-refractivity contribution in [3.63, 3.8) is 0 Å². The monoisotopic (exact) mass is 404 g/mol. The molecule has 1 amide bonds. The molecular formula is C21H25FN2O3S. The SMILES string of the molecule is Cc1ccc(S(=O)(=O)Nc2ccccc2F)cc1C(=O)NC1CCC(C)CC1. The van der Waals surface area contributed by atoms with Crippen molar-refractivity contribution in [1.82, 2.24) is 5.32 Å². The van der Waals surface area contributed by atoms with E-state index in [-0.39, 0.29) is 22.5 Å². The van der Waals surface area contributed by atoms with Gasteiger partial charge in [0.2, 0.25) is 0 Å². The molecule has 0 aliphatic heterocycles. The predicted molar refractivity (Wildman–Crippen MR) is 107 cm³/mol. The minimum Gasteiger partial charge on any atom is -0.349 e. The first kappa shape index (κ1) is 20.3. The van der Waals surface area contributed by atoms with Crippen molar-refractivity contribution in [3.05, 3.63) is 59.4 Å². The molecule has 28 heavy (non-hydrogen) atoms. The summed E-state index contributed by atoms with van der Waals surface area (Å²) in [6.07, 6.45) is 4.01. The first-order valence-electron chi connectivity index (χ1n) is 9.45. The fourth-order valence-corrected chi connectivity index (χ4v) is 4.52. The highest BCUT2D eigenvalue weighted by atomic mass is 32.2. The fourth-order valence-electron chi connectivity index (χ4n) is 3.43. The normalized spacial score (nSPS) is 19.8. The Morgan fingerprint density at radius 2 is 1.75 bits per heavy atom. The Bertz CT molecular complexity index is 967. The number of aryl methyl sites for hydroxylation is 1. The van der Waals surface area contributed by atoms with Crippen molar-refractivity contribution in [1.29, 1.82) is 0 Å². The van der Waals surface area contributed by atoms with Crippen molar-refractivity contribution in [3.8, 4) is 0 Å². The van der Waals surface area contributed by atoms with Crippen LogP contribution in [0.2, 0.25) is 0 Å². The summed E-state index contributed by atoms with van der Waals surface area (Å²) in [6.45, 7) is 3.97. The van der Waals surface area contributed by atoms with Gasteiger partial charge in [0.15, 0.2) is 0 Å². The van der Waals surface area contributed by atoms with Crippen LogP contribution in [0.15, 0.2) is 47.4 Å². The summed E-state index contributed by atoms with van der Waals surface area (Å²) in [6, 6.07) is 10.0. The molecule has 1 aliphatic carbocycles. The van der Waals surface area contributed by atoms with E-state index in [9.17, 15) is 17.6 Å². The molecule has 5 nitrogen and oxygen atoms in total. The number of para-hydroxylation sites is 1. The maximum absolute atomic E-state index is 13.8. The molecule has 7 heteroatoms. The highest BCUT2D eigenvalue weighted by molar-refractivity contribution is 7.92. The average molecular weight is 405 g/mol. The second-order valence-corrected chi connectivity index (χ2v) is 9.17. The zero-order valence-electron chi connectivity index (χ0n) is 16.0. The van der Waals surface area contributed by atoms with Crippen LogP contribution in [-0.4, -0.2) is 20.4 Å². The molecule has 2 N–H and O–H groups in total. The zero-order chi connectivity index (χ0) is 20.3. The molecular weight excluding hydrogens is 379 g/mol. The molecule has 1 aliphatic rings. The van der Waals surface area contributed by atoms with Gasteiger partial charge in [0.05, 0.1) is 10.6 Å². The number of hydrogen-bond acceptors (Lipinski definition) is 3. The number of sulfonamides is 1. The van der Waals surface area contributed by atoms with Crippen LogP contribution in [0.3, 0.4) is 0 Å². The molecule has 0 aromatic heterocycles. The fraction of sp³-hybridized carbons (Fsp3) is 0.381. The number of anilines is 1. The Morgan fingerprint density at radius 3 is 2.43 bits per heavy atom. The third-order valence-electron chi connectivity index (χ3n) is 5.23. The number of nitrogens with one attached hydrogen (secondary N) is 2. The van der Waals surface area contributed by atoms with Crippen LogP contribution < -0.4 is 10.0 Å². The lowest BCUT2D eigenvalue weighted by molar-refractivity contribution is 0.0922. The van der Waals surface area contributed by atoms with E-state index in [0.717, 1.165) is 25.7 Å². The van der Waals surface area contributed by atoms with Gasteiger partial charge in [-0.15, -0.1) is 0 Å². The molecule has 0 spiro atoms. The van der Waals surface area contributed by atoms with Crippen LogP contribution in [0, 0.1) is 18.7 Å². The van der Waals surface area contributed by atoms with Gasteiger partial charge in [-0.2, -0.15) is 0 Å². The Morgan fingerprint density at radius 1 is 1.07 bits per heavy atom. The maximum Gasteiger partial charge on any atom is 0.262 e. The van der Waals surface area contributed by atoms with E-state index in [1.165, 1.54) is 30.3 Å². The van der Waals surface area contributed by atoms with Crippen LogP contribution >= 0.6 is 0 Å². The second kappa shape index (κ2) is 8.31. The number of halogens is 1. The van der Waals surface area contributed by atoms with Gasteiger partial charge in [-0.05, 0) is 68.4 Å². The third-order valence-corrected chi connectivity index (χ3v) is 6.60. The number of carbonyl (C=O) groups excluding carboxylic acids is 1. The first-order valence-corrected chi connectivity index (χ1v) is 10.9. The van der Waals surface area contributed by atoms with Crippen LogP contribution in [-0.2, 0) is 10.0 Å². The number of benzene rings is 2. The van der Waals surface area contributed by atoms with Gasteiger partial charge >= 0.3 is 0 Å². The maximum atomic E-state index is 13.8. The Kier molecular flexibility index (Phi) is 6.03. The largest absolute Gasteiger partial charge is 0.349 e. The molecule has 2 aromatic rings. The predicted octanol–water partition coefficient (Wildman–Crippen LogP) is 4.24. The smallest absolute Gasteiger partial charge is 0.262 e. The van der Waals surface area contributed by atoms with Gasteiger partial charge in [-0.25, -0.2) is 12.8 Å². The first-order chi connectivity index (χ1) is 13.3. The minimum absolute atomic E-state index is 0.0798. The summed E-state index contributed by atoms with van der Waals surface area (Å²) < 4.78 is 41.4. The second-order valence-electron chi connectivity index (χ2n) is 7.49. The van der Waals surface area contributed by atoms with Crippen molar-refractivity contribution >= 4 is 21.6 Å². The highest BCUT2D eigenvalue weighted by Gasteiger charge is 2.23. The lowest BCUT2D eigenvalue weighted by Crippen LogP contribution is -2.37. The lowest BCUT2D eigenvalue weighted by atomic mass is 9.87. The van der Waals surface area contributed by atoms with E-state index in [1.54, 1.807) is 19.1 Å². The van der Waals surface area contributed by atoms with Gasteiger partial charge in [0, 0.05) is 11.6 Å². The third kappa shape index (κ3) is 4.70. The van der Waals surface area contributed by atoms with Crippen LogP contribution in [0.4, 0.5) is 10.1 Å². The van der Waals surface area contributed by atoms with Gasteiger partial charge in [-0.3, -0.25) is 9.52 Å².